The highest BCUT2D eigenvalue weighted by molar-refractivity contribution is 5.94. The standard InChI is InChI=1S/C37H29N/c1-37(2)35-24-29-14-10-9-13-28(29)23-34(35)33-22-21-32(25-36(33)37)38(30-15-7-4-8-16-30)31-19-17-27(18-20-31)26-11-5-3-6-12-26/h3-25H,1-2H3. The van der Waals surface area contributed by atoms with E-state index < -0.39 is 0 Å². The number of benzene rings is 6. The van der Waals surface area contributed by atoms with Crippen molar-refractivity contribution < 1.29 is 0 Å². The molecule has 1 aliphatic carbocycles. The van der Waals surface area contributed by atoms with Gasteiger partial charge in [0.1, 0.15) is 0 Å². The average molecular weight is 488 g/mol. The average Bonchev–Trinajstić information content (AvgIpc) is 3.19. The molecule has 0 N–H and O–H groups in total. The van der Waals surface area contributed by atoms with Crippen LogP contribution in [0.2, 0.25) is 0 Å². The third kappa shape index (κ3) is 3.63. The monoisotopic (exact) mass is 487 g/mol. The van der Waals surface area contributed by atoms with Crippen molar-refractivity contribution in [3.8, 4) is 22.3 Å². The van der Waals surface area contributed by atoms with E-state index in [4.69, 9.17) is 0 Å². The molecule has 0 heterocycles. The molecule has 0 saturated carbocycles. The van der Waals surface area contributed by atoms with Gasteiger partial charge in [-0.3, -0.25) is 0 Å². The number of fused-ring (bicyclic) bond motifs is 4. The zero-order valence-electron chi connectivity index (χ0n) is 21.7. The van der Waals surface area contributed by atoms with Crippen LogP contribution in [-0.4, -0.2) is 0 Å². The minimum Gasteiger partial charge on any atom is -0.310 e. The maximum absolute atomic E-state index is 2.40. The second-order valence-electron chi connectivity index (χ2n) is 10.7. The Kier molecular flexibility index (Phi) is 5.19. The van der Waals surface area contributed by atoms with E-state index in [1.165, 1.54) is 49.8 Å². The third-order valence-electron chi connectivity index (χ3n) is 8.03. The van der Waals surface area contributed by atoms with Gasteiger partial charge in [-0.1, -0.05) is 105 Å². The lowest BCUT2D eigenvalue weighted by atomic mass is 9.81. The van der Waals surface area contributed by atoms with Gasteiger partial charge in [0.25, 0.3) is 0 Å². The first-order valence-corrected chi connectivity index (χ1v) is 13.3. The van der Waals surface area contributed by atoms with Gasteiger partial charge in [0.15, 0.2) is 0 Å². The fraction of sp³-hybridized carbons (Fsp3) is 0.0811. The van der Waals surface area contributed by atoms with E-state index in [1.807, 2.05) is 0 Å². The molecule has 0 unspecified atom stereocenters. The number of nitrogens with zero attached hydrogens (tertiary/aromatic N) is 1. The lowest BCUT2D eigenvalue weighted by Gasteiger charge is -2.28. The quantitative estimate of drug-likeness (QED) is 0.239. The van der Waals surface area contributed by atoms with Gasteiger partial charge in [0.2, 0.25) is 0 Å². The highest BCUT2D eigenvalue weighted by Gasteiger charge is 2.36. The van der Waals surface area contributed by atoms with Crippen molar-refractivity contribution >= 4 is 27.8 Å². The van der Waals surface area contributed by atoms with Crippen LogP contribution in [0.25, 0.3) is 33.0 Å². The molecule has 0 saturated heterocycles. The molecule has 1 nitrogen and oxygen atoms in total. The normalized spacial score (nSPS) is 13.2. The molecule has 0 aliphatic heterocycles. The van der Waals surface area contributed by atoms with Crippen LogP contribution in [0.3, 0.4) is 0 Å². The van der Waals surface area contributed by atoms with E-state index in [1.54, 1.807) is 0 Å². The zero-order chi connectivity index (χ0) is 25.7. The summed E-state index contributed by atoms with van der Waals surface area (Å²) in [5, 5.41) is 2.60. The van der Waals surface area contributed by atoms with Gasteiger partial charge in [0, 0.05) is 22.5 Å². The third-order valence-corrected chi connectivity index (χ3v) is 8.03. The van der Waals surface area contributed by atoms with Gasteiger partial charge in [0.05, 0.1) is 0 Å². The summed E-state index contributed by atoms with van der Waals surface area (Å²) in [4.78, 5) is 2.37. The van der Waals surface area contributed by atoms with Gasteiger partial charge >= 0.3 is 0 Å². The van der Waals surface area contributed by atoms with Crippen LogP contribution >= 0.6 is 0 Å². The predicted molar refractivity (Wildman–Crippen MR) is 162 cm³/mol. The summed E-state index contributed by atoms with van der Waals surface area (Å²) < 4.78 is 0. The molecule has 6 aromatic rings. The van der Waals surface area contributed by atoms with Crippen LogP contribution in [0.15, 0.2) is 140 Å². The van der Waals surface area contributed by atoms with Crippen molar-refractivity contribution in [3.63, 3.8) is 0 Å². The van der Waals surface area contributed by atoms with Crippen LogP contribution in [0.5, 0.6) is 0 Å². The maximum Gasteiger partial charge on any atom is 0.0465 e. The molecule has 0 fully saturated rings. The molecule has 182 valence electrons. The molecule has 0 spiro atoms. The number of para-hydroxylation sites is 1. The fourth-order valence-electron chi connectivity index (χ4n) is 6.01. The summed E-state index contributed by atoms with van der Waals surface area (Å²) >= 11 is 0. The van der Waals surface area contributed by atoms with Crippen molar-refractivity contribution in [2.24, 2.45) is 0 Å². The number of hydrogen-bond donors (Lipinski definition) is 0. The Morgan fingerprint density at radius 1 is 0.421 bits per heavy atom. The smallest absolute Gasteiger partial charge is 0.0465 e. The summed E-state index contributed by atoms with van der Waals surface area (Å²) in [6.07, 6.45) is 0. The number of hydrogen-bond acceptors (Lipinski definition) is 1. The second kappa shape index (κ2) is 8.75. The van der Waals surface area contributed by atoms with Crippen LogP contribution in [0, 0.1) is 0 Å². The van der Waals surface area contributed by atoms with Crippen molar-refractivity contribution in [2.75, 3.05) is 4.90 Å². The molecule has 6 aromatic carbocycles. The Labute approximate surface area is 224 Å². The van der Waals surface area contributed by atoms with Crippen LogP contribution in [0.1, 0.15) is 25.0 Å². The van der Waals surface area contributed by atoms with Crippen molar-refractivity contribution in [1.29, 1.82) is 0 Å². The molecule has 7 rings (SSSR count). The molecule has 0 amide bonds. The Morgan fingerprint density at radius 2 is 0.947 bits per heavy atom. The Hall–Kier alpha value is -4.62. The largest absolute Gasteiger partial charge is 0.310 e. The highest BCUT2D eigenvalue weighted by atomic mass is 15.1. The van der Waals surface area contributed by atoms with E-state index in [9.17, 15) is 0 Å². The Balaban J connectivity index is 1.36. The molecular formula is C37H29N. The van der Waals surface area contributed by atoms with Gasteiger partial charge in [-0.15, -0.1) is 0 Å². The molecule has 0 atom stereocenters. The Bertz CT molecular complexity index is 1760. The zero-order valence-corrected chi connectivity index (χ0v) is 21.7. The molecule has 1 heteroatoms. The second-order valence-corrected chi connectivity index (χ2v) is 10.7. The first-order valence-electron chi connectivity index (χ1n) is 13.3. The van der Waals surface area contributed by atoms with E-state index in [0.29, 0.717) is 0 Å². The van der Waals surface area contributed by atoms with Gasteiger partial charge in [-0.05, 0) is 92.7 Å². The summed E-state index contributed by atoms with van der Waals surface area (Å²) in [6, 6.07) is 50.6. The van der Waals surface area contributed by atoms with E-state index >= 15 is 0 Å². The topological polar surface area (TPSA) is 3.24 Å². The minimum absolute atomic E-state index is 0.0791. The molecule has 0 aromatic heterocycles. The van der Waals surface area contributed by atoms with E-state index in [-0.39, 0.29) is 5.41 Å². The summed E-state index contributed by atoms with van der Waals surface area (Å²) in [5.41, 5.74) is 11.3. The molecular weight excluding hydrogens is 458 g/mol. The van der Waals surface area contributed by atoms with Crippen molar-refractivity contribution in [2.45, 2.75) is 19.3 Å². The fourth-order valence-corrected chi connectivity index (χ4v) is 6.01. The minimum atomic E-state index is -0.0791. The maximum atomic E-state index is 2.40. The van der Waals surface area contributed by atoms with Gasteiger partial charge in [-0.2, -0.15) is 0 Å². The number of anilines is 3. The van der Waals surface area contributed by atoms with Gasteiger partial charge in [-0.25, -0.2) is 0 Å². The van der Waals surface area contributed by atoms with E-state index in [2.05, 4.69) is 158 Å². The van der Waals surface area contributed by atoms with Crippen molar-refractivity contribution in [3.05, 3.63) is 151 Å². The molecule has 0 radical (unpaired) electrons. The summed E-state index contributed by atoms with van der Waals surface area (Å²) in [6.45, 7) is 4.72. The molecule has 38 heavy (non-hydrogen) atoms. The van der Waals surface area contributed by atoms with E-state index in [0.717, 1.165) is 11.4 Å². The summed E-state index contributed by atoms with van der Waals surface area (Å²) in [7, 11) is 0. The lowest BCUT2D eigenvalue weighted by molar-refractivity contribution is 0.661. The van der Waals surface area contributed by atoms with Crippen LogP contribution in [-0.2, 0) is 5.41 Å². The predicted octanol–water partition coefficient (Wildman–Crippen LogP) is 10.3. The number of rotatable bonds is 4. The van der Waals surface area contributed by atoms with Crippen molar-refractivity contribution in [1.82, 2.24) is 0 Å². The van der Waals surface area contributed by atoms with Gasteiger partial charge < -0.3 is 4.90 Å². The highest BCUT2D eigenvalue weighted by Crippen LogP contribution is 2.51. The first-order chi connectivity index (χ1) is 18.6. The molecule has 0 bridgehead atoms. The summed E-state index contributed by atoms with van der Waals surface area (Å²) in [5.74, 6) is 0. The van der Waals surface area contributed by atoms with Crippen LogP contribution < -0.4 is 4.90 Å². The van der Waals surface area contributed by atoms with Crippen LogP contribution in [0.4, 0.5) is 17.1 Å². The Morgan fingerprint density at radius 3 is 1.66 bits per heavy atom. The SMILES string of the molecule is CC1(C)c2cc(N(c3ccccc3)c3ccc(-c4ccccc4)cc3)ccc2-c2cc3ccccc3cc21. The first kappa shape index (κ1) is 22.6. The molecule has 1 aliphatic rings. The lowest BCUT2D eigenvalue weighted by Crippen LogP contribution is -2.16.